The SMILES string of the molecule is COc1cc(Cl)cc(CO)c1OCC1CCC1. The summed E-state index contributed by atoms with van der Waals surface area (Å²) >= 11 is 5.93. The van der Waals surface area contributed by atoms with E-state index >= 15 is 0 Å². The van der Waals surface area contributed by atoms with Crippen molar-refractivity contribution < 1.29 is 14.6 Å². The second-order valence-electron chi connectivity index (χ2n) is 4.36. The van der Waals surface area contributed by atoms with Crippen LogP contribution >= 0.6 is 11.6 Å². The summed E-state index contributed by atoms with van der Waals surface area (Å²) < 4.78 is 11.0. The first-order valence-electron chi connectivity index (χ1n) is 5.84. The van der Waals surface area contributed by atoms with Crippen LogP contribution < -0.4 is 9.47 Å². The molecule has 1 aliphatic carbocycles. The number of ether oxygens (including phenoxy) is 2. The molecule has 1 N–H and O–H groups in total. The summed E-state index contributed by atoms with van der Waals surface area (Å²) in [7, 11) is 1.57. The highest BCUT2D eigenvalue weighted by Crippen LogP contribution is 2.36. The van der Waals surface area contributed by atoms with Crippen molar-refractivity contribution in [2.75, 3.05) is 13.7 Å². The van der Waals surface area contributed by atoms with Gasteiger partial charge in [-0.25, -0.2) is 0 Å². The Balaban J connectivity index is 2.16. The van der Waals surface area contributed by atoms with Gasteiger partial charge in [0.25, 0.3) is 0 Å². The molecule has 0 amide bonds. The van der Waals surface area contributed by atoms with Gasteiger partial charge in [-0.15, -0.1) is 0 Å². The van der Waals surface area contributed by atoms with Crippen LogP contribution in [0.25, 0.3) is 0 Å². The second-order valence-corrected chi connectivity index (χ2v) is 4.80. The Morgan fingerprint density at radius 2 is 2.18 bits per heavy atom. The molecule has 0 radical (unpaired) electrons. The molecule has 0 aliphatic heterocycles. The second kappa shape index (κ2) is 5.61. The van der Waals surface area contributed by atoms with E-state index < -0.39 is 0 Å². The van der Waals surface area contributed by atoms with Crippen LogP contribution in [-0.4, -0.2) is 18.8 Å². The van der Waals surface area contributed by atoms with Crippen LogP contribution in [0.4, 0.5) is 0 Å². The van der Waals surface area contributed by atoms with Gasteiger partial charge in [-0.1, -0.05) is 18.0 Å². The van der Waals surface area contributed by atoms with Gasteiger partial charge in [0.05, 0.1) is 20.3 Å². The number of rotatable bonds is 5. The minimum Gasteiger partial charge on any atom is -0.493 e. The van der Waals surface area contributed by atoms with Gasteiger partial charge in [-0.3, -0.25) is 0 Å². The molecular formula is C13H17ClO3. The number of halogens is 1. The zero-order chi connectivity index (χ0) is 12.3. The molecule has 0 aromatic heterocycles. The number of benzene rings is 1. The van der Waals surface area contributed by atoms with E-state index in [-0.39, 0.29) is 6.61 Å². The van der Waals surface area contributed by atoms with Gasteiger partial charge in [-0.2, -0.15) is 0 Å². The number of aliphatic hydroxyl groups excluding tert-OH is 1. The fourth-order valence-electron chi connectivity index (χ4n) is 1.92. The zero-order valence-corrected chi connectivity index (χ0v) is 10.7. The number of hydrogen-bond donors (Lipinski definition) is 1. The highest BCUT2D eigenvalue weighted by molar-refractivity contribution is 6.30. The first kappa shape index (κ1) is 12.5. The van der Waals surface area contributed by atoms with Crippen LogP contribution in [0.15, 0.2) is 12.1 Å². The van der Waals surface area contributed by atoms with Crippen molar-refractivity contribution in [1.29, 1.82) is 0 Å². The Kier molecular flexibility index (Phi) is 4.13. The maximum atomic E-state index is 9.31. The molecule has 1 aromatic carbocycles. The van der Waals surface area contributed by atoms with Crippen LogP contribution in [0, 0.1) is 5.92 Å². The molecule has 1 aliphatic rings. The fraction of sp³-hybridized carbons (Fsp3) is 0.538. The van der Waals surface area contributed by atoms with E-state index in [2.05, 4.69) is 0 Å². The van der Waals surface area contributed by atoms with E-state index in [1.54, 1.807) is 19.2 Å². The normalized spacial score (nSPS) is 15.5. The highest BCUT2D eigenvalue weighted by atomic mass is 35.5. The predicted octanol–water partition coefficient (Wildman–Crippen LogP) is 3.02. The van der Waals surface area contributed by atoms with Crippen molar-refractivity contribution in [2.24, 2.45) is 5.92 Å². The van der Waals surface area contributed by atoms with Crippen molar-refractivity contribution >= 4 is 11.6 Å². The summed E-state index contributed by atoms with van der Waals surface area (Å²) in [5.41, 5.74) is 0.675. The molecular weight excluding hydrogens is 240 g/mol. The van der Waals surface area contributed by atoms with Gasteiger partial charge in [0.1, 0.15) is 0 Å². The third-order valence-electron chi connectivity index (χ3n) is 3.17. The van der Waals surface area contributed by atoms with Gasteiger partial charge in [0.2, 0.25) is 0 Å². The molecule has 94 valence electrons. The molecule has 4 heteroatoms. The molecule has 0 saturated heterocycles. The number of hydrogen-bond acceptors (Lipinski definition) is 3. The topological polar surface area (TPSA) is 38.7 Å². The van der Waals surface area contributed by atoms with Gasteiger partial charge in [0, 0.05) is 16.7 Å². The molecule has 0 unspecified atom stereocenters. The summed E-state index contributed by atoms with van der Waals surface area (Å²) in [5, 5.41) is 9.85. The molecule has 0 atom stereocenters. The Labute approximate surface area is 106 Å². The lowest BCUT2D eigenvalue weighted by Crippen LogP contribution is -2.20. The quantitative estimate of drug-likeness (QED) is 0.880. The molecule has 0 spiro atoms. The van der Waals surface area contributed by atoms with Crippen molar-refractivity contribution in [1.82, 2.24) is 0 Å². The summed E-state index contributed by atoms with van der Waals surface area (Å²) in [6, 6.07) is 3.41. The molecule has 0 bridgehead atoms. The maximum absolute atomic E-state index is 9.31. The summed E-state index contributed by atoms with van der Waals surface area (Å²) in [5.74, 6) is 1.84. The molecule has 17 heavy (non-hydrogen) atoms. The smallest absolute Gasteiger partial charge is 0.166 e. The maximum Gasteiger partial charge on any atom is 0.166 e. The van der Waals surface area contributed by atoms with Crippen molar-refractivity contribution in [3.8, 4) is 11.5 Å². The van der Waals surface area contributed by atoms with Crippen molar-refractivity contribution in [2.45, 2.75) is 25.9 Å². The van der Waals surface area contributed by atoms with Crippen LogP contribution in [-0.2, 0) is 6.61 Å². The standard InChI is InChI=1S/C13H17ClO3/c1-16-12-6-11(14)5-10(7-15)13(12)17-8-9-3-2-4-9/h5-6,9,15H,2-4,7-8H2,1H3. The van der Waals surface area contributed by atoms with Crippen LogP contribution in [0.1, 0.15) is 24.8 Å². The van der Waals surface area contributed by atoms with E-state index in [1.807, 2.05) is 0 Å². The average molecular weight is 257 g/mol. The Morgan fingerprint density at radius 1 is 1.41 bits per heavy atom. The van der Waals surface area contributed by atoms with Crippen molar-refractivity contribution in [3.05, 3.63) is 22.7 Å². The first-order chi connectivity index (χ1) is 8.24. The van der Waals surface area contributed by atoms with Crippen LogP contribution in [0.3, 0.4) is 0 Å². The third kappa shape index (κ3) is 2.85. The monoisotopic (exact) mass is 256 g/mol. The number of aliphatic hydroxyl groups is 1. The molecule has 3 nitrogen and oxygen atoms in total. The molecule has 2 rings (SSSR count). The Hall–Kier alpha value is -0.930. The lowest BCUT2D eigenvalue weighted by atomic mass is 9.86. The van der Waals surface area contributed by atoms with Gasteiger partial charge in [-0.05, 0) is 24.8 Å². The van der Waals surface area contributed by atoms with E-state index in [0.717, 1.165) is 0 Å². The minimum atomic E-state index is -0.100. The Bertz CT molecular complexity index is 363. The lowest BCUT2D eigenvalue weighted by molar-refractivity contribution is 0.171. The summed E-state index contributed by atoms with van der Waals surface area (Å²) in [6.45, 7) is 0.585. The van der Waals surface area contributed by atoms with Crippen molar-refractivity contribution in [3.63, 3.8) is 0 Å². The third-order valence-corrected chi connectivity index (χ3v) is 3.39. The van der Waals surface area contributed by atoms with Gasteiger partial charge >= 0.3 is 0 Å². The van der Waals surface area contributed by atoms with E-state index in [0.29, 0.717) is 34.6 Å². The van der Waals surface area contributed by atoms with E-state index in [9.17, 15) is 5.11 Å². The molecule has 1 aromatic rings. The minimum absolute atomic E-state index is 0.100. The van der Waals surface area contributed by atoms with Gasteiger partial charge in [0.15, 0.2) is 11.5 Å². The highest BCUT2D eigenvalue weighted by Gasteiger charge is 2.20. The molecule has 0 heterocycles. The predicted molar refractivity (Wildman–Crippen MR) is 66.8 cm³/mol. The average Bonchev–Trinajstić information content (AvgIpc) is 2.27. The van der Waals surface area contributed by atoms with E-state index in [4.69, 9.17) is 21.1 Å². The summed E-state index contributed by atoms with van der Waals surface area (Å²) in [4.78, 5) is 0. The molecule has 1 saturated carbocycles. The number of methoxy groups -OCH3 is 1. The Morgan fingerprint density at radius 3 is 2.71 bits per heavy atom. The largest absolute Gasteiger partial charge is 0.493 e. The lowest BCUT2D eigenvalue weighted by Gasteiger charge is -2.26. The van der Waals surface area contributed by atoms with Gasteiger partial charge < -0.3 is 14.6 Å². The molecule has 1 fully saturated rings. The summed E-state index contributed by atoms with van der Waals surface area (Å²) in [6.07, 6.45) is 3.74. The first-order valence-corrected chi connectivity index (χ1v) is 6.22. The zero-order valence-electron chi connectivity index (χ0n) is 9.91. The fourth-order valence-corrected chi connectivity index (χ4v) is 2.15. The van der Waals surface area contributed by atoms with Crippen LogP contribution in [0.5, 0.6) is 11.5 Å². The van der Waals surface area contributed by atoms with E-state index in [1.165, 1.54) is 19.3 Å². The van der Waals surface area contributed by atoms with Crippen LogP contribution in [0.2, 0.25) is 5.02 Å².